The van der Waals surface area contributed by atoms with Crippen molar-refractivity contribution in [3.8, 4) is 17.1 Å². The van der Waals surface area contributed by atoms with Crippen LogP contribution in [0.15, 0.2) is 54.6 Å². The summed E-state index contributed by atoms with van der Waals surface area (Å²) >= 11 is 0. The lowest BCUT2D eigenvalue weighted by molar-refractivity contribution is -0.133. The molecule has 0 spiro atoms. The molecule has 0 saturated heterocycles. The van der Waals surface area contributed by atoms with E-state index < -0.39 is 6.04 Å². The van der Waals surface area contributed by atoms with E-state index >= 15 is 0 Å². The van der Waals surface area contributed by atoms with Gasteiger partial charge in [-0.1, -0.05) is 42.5 Å². The maximum Gasteiger partial charge on any atom is 0.240 e. The number of hydrogen-bond donors (Lipinski definition) is 2. The van der Waals surface area contributed by atoms with Crippen LogP contribution in [0.25, 0.3) is 11.4 Å². The van der Waals surface area contributed by atoms with Crippen LogP contribution in [0.5, 0.6) is 5.75 Å². The average molecular weight is 376 g/mol. The number of nitrogens with two attached hydrogens (primary N) is 1. The first-order chi connectivity index (χ1) is 13.6. The van der Waals surface area contributed by atoms with Crippen molar-refractivity contribution in [3.05, 3.63) is 71.5 Å². The molecule has 1 amide bonds. The molecular formula is C22H24N4O2. The molecule has 0 fully saturated rings. The molecule has 2 aromatic carbocycles. The van der Waals surface area contributed by atoms with Gasteiger partial charge in [-0.05, 0) is 24.1 Å². The number of aromatic nitrogens is 2. The standard InChI is InChI=1S/C22H24N4O2/c1-28-17-9-5-8-16(13-17)21-24-19-10-11-26(14-20(19)25-21)22(27)18(23)12-15-6-3-2-4-7-15/h2-9,13,18H,10-12,14,23H2,1H3,(H,24,25)/t18-/m1/s1. The molecule has 1 aliphatic rings. The SMILES string of the molecule is COc1cccc(-c2nc3c([nH]2)CN(C(=O)[C@H](N)Cc2ccccc2)CC3)c1. The van der Waals surface area contributed by atoms with Gasteiger partial charge in [0, 0.05) is 18.5 Å². The molecule has 1 aromatic heterocycles. The van der Waals surface area contributed by atoms with Gasteiger partial charge in [0.25, 0.3) is 0 Å². The van der Waals surface area contributed by atoms with Gasteiger partial charge in [-0.2, -0.15) is 0 Å². The second-order valence-corrected chi connectivity index (χ2v) is 7.05. The molecule has 6 heteroatoms. The molecule has 3 N–H and O–H groups in total. The molecule has 2 heterocycles. The molecule has 4 rings (SSSR count). The molecule has 0 unspecified atom stereocenters. The summed E-state index contributed by atoms with van der Waals surface area (Å²) in [6.45, 7) is 1.14. The van der Waals surface area contributed by atoms with Crippen molar-refractivity contribution in [2.45, 2.75) is 25.4 Å². The highest BCUT2D eigenvalue weighted by Crippen LogP contribution is 2.25. The van der Waals surface area contributed by atoms with Crippen LogP contribution >= 0.6 is 0 Å². The lowest BCUT2D eigenvalue weighted by Gasteiger charge is -2.28. The number of nitrogens with zero attached hydrogens (tertiary/aromatic N) is 2. The largest absolute Gasteiger partial charge is 0.497 e. The molecule has 0 aliphatic carbocycles. The summed E-state index contributed by atoms with van der Waals surface area (Å²) in [6.07, 6.45) is 1.26. The first-order valence-electron chi connectivity index (χ1n) is 9.44. The quantitative estimate of drug-likeness (QED) is 0.717. The van der Waals surface area contributed by atoms with Crippen LogP contribution in [0.4, 0.5) is 0 Å². The molecule has 1 aliphatic heterocycles. The first-order valence-corrected chi connectivity index (χ1v) is 9.44. The number of rotatable bonds is 5. The van der Waals surface area contributed by atoms with E-state index in [-0.39, 0.29) is 5.91 Å². The first kappa shape index (κ1) is 18.3. The Hall–Kier alpha value is -3.12. The third-order valence-electron chi connectivity index (χ3n) is 5.10. The monoisotopic (exact) mass is 376 g/mol. The fourth-order valence-electron chi connectivity index (χ4n) is 3.58. The van der Waals surface area contributed by atoms with Crippen molar-refractivity contribution < 1.29 is 9.53 Å². The number of H-pyrrole nitrogens is 1. The number of nitrogens with one attached hydrogen (secondary N) is 1. The summed E-state index contributed by atoms with van der Waals surface area (Å²) in [4.78, 5) is 22.7. The van der Waals surface area contributed by atoms with Gasteiger partial charge in [0.1, 0.15) is 11.6 Å². The Morgan fingerprint density at radius 1 is 1.25 bits per heavy atom. The van der Waals surface area contributed by atoms with Gasteiger partial charge in [-0.25, -0.2) is 4.98 Å². The van der Waals surface area contributed by atoms with Crippen LogP contribution < -0.4 is 10.5 Å². The van der Waals surface area contributed by atoms with E-state index in [1.54, 1.807) is 7.11 Å². The molecule has 144 valence electrons. The van der Waals surface area contributed by atoms with Crippen molar-refractivity contribution in [2.75, 3.05) is 13.7 Å². The van der Waals surface area contributed by atoms with Crippen molar-refractivity contribution >= 4 is 5.91 Å². The molecule has 28 heavy (non-hydrogen) atoms. The number of methoxy groups -OCH3 is 1. The summed E-state index contributed by atoms with van der Waals surface area (Å²) in [5, 5.41) is 0. The van der Waals surface area contributed by atoms with Gasteiger partial charge in [0.15, 0.2) is 0 Å². The van der Waals surface area contributed by atoms with E-state index in [9.17, 15) is 4.79 Å². The Labute approximate surface area is 164 Å². The second kappa shape index (κ2) is 7.86. The molecule has 6 nitrogen and oxygen atoms in total. The van der Waals surface area contributed by atoms with Gasteiger partial charge in [-0.3, -0.25) is 4.79 Å². The van der Waals surface area contributed by atoms with Crippen LogP contribution in [0.3, 0.4) is 0 Å². The number of ether oxygens (including phenoxy) is 1. The third-order valence-corrected chi connectivity index (χ3v) is 5.10. The van der Waals surface area contributed by atoms with Gasteiger partial charge in [-0.15, -0.1) is 0 Å². The summed E-state index contributed by atoms with van der Waals surface area (Å²) < 4.78 is 5.29. The van der Waals surface area contributed by atoms with E-state index in [4.69, 9.17) is 15.5 Å². The maximum absolute atomic E-state index is 12.8. The fourth-order valence-corrected chi connectivity index (χ4v) is 3.58. The fraction of sp³-hybridized carbons (Fsp3) is 0.273. The zero-order valence-electron chi connectivity index (χ0n) is 15.9. The van der Waals surface area contributed by atoms with Gasteiger partial charge >= 0.3 is 0 Å². The number of fused-ring (bicyclic) bond motifs is 1. The summed E-state index contributed by atoms with van der Waals surface area (Å²) in [7, 11) is 1.65. The highest BCUT2D eigenvalue weighted by molar-refractivity contribution is 5.82. The Balaban J connectivity index is 1.47. The Morgan fingerprint density at radius 3 is 2.86 bits per heavy atom. The molecule has 0 saturated carbocycles. The Morgan fingerprint density at radius 2 is 2.07 bits per heavy atom. The number of carbonyl (C=O) groups excluding carboxylic acids is 1. The lowest BCUT2D eigenvalue weighted by atomic mass is 10.0. The van der Waals surface area contributed by atoms with Gasteiger partial charge < -0.3 is 20.4 Å². The van der Waals surface area contributed by atoms with Crippen molar-refractivity contribution in [3.63, 3.8) is 0 Å². The van der Waals surface area contributed by atoms with Crippen LogP contribution in [-0.2, 0) is 24.2 Å². The zero-order chi connectivity index (χ0) is 19.5. The van der Waals surface area contributed by atoms with Crippen LogP contribution in [-0.4, -0.2) is 40.5 Å². The minimum Gasteiger partial charge on any atom is -0.497 e. The van der Waals surface area contributed by atoms with E-state index in [1.807, 2.05) is 59.5 Å². The minimum atomic E-state index is -0.537. The molecule has 1 atom stereocenters. The summed E-state index contributed by atoms with van der Waals surface area (Å²) in [6, 6.07) is 17.1. The normalized spacial score (nSPS) is 14.4. The molecule has 0 bridgehead atoms. The number of aromatic amines is 1. The van der Waals surface area contributed by atoms with E-state index in [1.165, 1.54) is 0 Å². The Kier molecular flexibility index (Phi) is 5.12. The average Bonchev–Trinajstić information content (AvgIpc) is 3.17. The highest BCUT2D eigenvalue weighted by Gasteiger charge is 2.27. The van der Waals surface area contributed by atoms with E-state index in [0.717, 1.165) is 40.5 Å². The van der Waals surface area contributed by atoms with E-state index in [0.29, 0.717) is 19.5 Å². The molecule has 3 aromatic rings. The van der Waals surface area contributed by atoms with Crippen LogP contribution in [0.2, 0.25) is 0 Å². The van der Waals surface area contributed by atoms with E-state index in [2.05, 4.69) is 4.98 Å². The number of benzene rings is 2. The molecule has 0 radical (unpaired) electrons. The lowest BCUT2D eigenvalue weighted by Crippen LogP contribution is -2.46. The van der Waals surface area contributed by atoms with Crippen molar-refractivity contribution in [1.29, 1.82) is 0 Å². The number of hydrogen-bond acceptors (Lipinski definition) is 4. The minimum absolute atomic E-state index is 0.0213. The number of amides is 1. The topological polar surface area (TPSA) is 84.2 Å². The van der Waals surface area contributed by atoms with Crippen molar-refractivity contribution in [1.82, 2.24) is 14.9 Å². The summed E-state index contributed by atoms with van der Waals surface area (Å²) in [5.74, 6) is 1.56. The Bertz CT molecular complexity index is 968. The smallest absolute Gasteiger partial charge is 0.240 e. The van der Waals surface area contributed by atoms with Crippen molar-refractivity contribution in [2.24, 2.45) is 5.73 Å². The summed E-state index contributed by atoms with van der Waals surface area (Å²) in [5.41, 5.74) is 10.2. The predicted octanol–water partition coefficient (Wildman–Crippen LogP) is 2.54. The van der Waals surface area contributed by atoms with Gasteiger partial charge in [0.2, 0.25) is 5.91 Å². The highest BCUT2D eigenvalue weighted by atomic mass is 16.5. The van der Waals surface area contributed by atoms with Crippen LogP contribution in [0, 0.1) is 0 Å². The third kappa shape index (κ3) is 3.77. The zero-order valence-corrected chi connectivity index (χ0v) is 15.9. The second-order valence-electron chi connectivity index (χ2n) is 7.05. The van der Waals surface area contributed by atoms with Gasteiger partial charge in [0.05, 0.1) is 31.1 Å². The molecular weight excluding hydrogens is 352 g/mol. The van der Waals surface area contributed by atoms with Crippen LogP contribution in [0.1, 0.15) is 17.0 Å². The number of imidazole rings is 1. The predicted molar refractivity (Wildman–Crippen MR) is 108 cm³/mol. The maximum atomic E-state index is 12.8. The number of carbonyl (C=O) groups is 1.